The quantitative estimate of drug-likeness (QED) is 0.758. The van der Waals surface area contributed by atoms with Gasteiger partial charge in [0, 0.05) is 17.4 Å². The van der Waals surface area contributed by atoms with Crippen LogP contribution in [-0.2, 0) is 0 Å². The molecule has 1 fully saturated rings. The Morgan fingerprint density at radius 3 is 2.84 bits per heavy atom. The highest BCUT2D eigenvalue weighted by Gasteiger charge is 2.27. The summed E-state index contributed by atoms with van der Waals surface area (Å²) >= 11 is 0. The van der Waals surface area contributed by atoms with Crippen LogP contribution in [-0.4, -0.2) is 19.7 Å². The zero-order chi connectivity index (χ0) is 12.8. The van der Waals surface area contributed by atoms with Gasteiger partial charge < -0.3 is 5.73 Å². The molecule has 0 unspecified atom stereocenters. The normalized spacial score (nSPS) is 14.9. The lowest BCUT2D eigenvalue weighted by atomic mass is 10.2. The fourth-order valence-corrected chi connectivity index (χ4v) is 2.26. The Kier molecular flexibility index (Phi) is 2.09. The van der Waals surface area contributed by atoms with Gasteiger partial charge in [0.25, 0.3) is 0 Å². The zero-order valence-electron chi connectivity index (χ0n) is 10.3. The molecule has 1 aromatic carbocycles. The van der Waals surface area contributed by atoms with Crippen molar-refractivity contribution >= 4 is 16.7 Å². The average molecular weight is 251 g/mol. The van der Waals surface area contributed by atoms with Crippen molar-refractivity contribution in [2.24, 2.45) is 0 Å². The van der Waals surface area contributed by atoms with E-state index in [1.54, 1.807) is 6.07 Å². The smallest absolute Gasteiger partial charge is 0.159 e. The molecule has 19 heavy (non-hydrogen) atoms. The minimum absolute atomic E-state index is 0.476. The van der Waals surface area contributed by atoms with Crippen LogP contribution in [0.25, 0.3) is 16.7 Å². The Balaban J connectivity index is 1.91. The summed E-state index contributed by atoms with van der Waals surface area (Å²) in [4.78, 5) is 8.91. The monoisotopic (exact) mass is 251 g/mol. The Bertz CT molecular complexity index is 757. The fourth-order valence-electron chi connectivity index (χ4n) is 2.26. The summed E-state index contributed by atoms with van der Waals surface area (Å²) in [6.07, 6.45) is 4.15. The van der Waals surface area contributed by atoms with E-state index in [0.717, 1.165) is 35.4 Å². The highest BCUT2D eigenvalue weighted by Crippen LogP contribution is 2.38. The van der Waals surface area contributed by atoms with Crippen molar-refractivity contribution in [2.45, 2.75) is 18.8 Å². The minimum atomic E-state index is 0.476. The van der Waals surface area contributed by atoms with Gasteiger partial charge in [-0.1, -0.05) is 18.2 Å². The van der Waals surface area contributed by atoms with E-state index in [2.05, 4.69) is 15.1 Å². The van der Waals surface area contributed by atoms with Crippen LogP contribution >= 0.6 is 0 Å². The van der Waals surface area contributed by atoms with Crippen molar-refractivity contribution in [3.05, 3.63) is 42.4 Å². The number of para-hydroxylation sites is 1. The maximum atomic E-state index is 5.88. The number of nitrogens with two attached hydrogens (primary N) is 1. The predicted octanol–water partition coefficient (Wildman–Crippen LogP) is 2.28. The maximum Gasteiger partial charge on any atom is 0.159 e. The largest absolute Gasteiger partial charge is 0.384 e. The molecule has 4 rings (SSSR count). The van der Waals surface area contributed by atoms with Crippen LogP contribution in [0.15, 0.2) is 36.5 Å². The van der Waals surface area contributed by atoms with Crippen molar-refractivity contribution in [1.29, 1.82) is 0 Å². The van der Waals surface area contributed by atoms with Crippen LogP contribution in [0.2, 0.25) is 0 Å². The zero-order valence-corrected chi connectivity index (χ0v) is 10.3. The van der Waals surface area contributed by atoms with Crippen LogP contribution in [0.1, 0.15) is 24.6 Å². The summed E-state index contributed by atoms with van der Waals surface area (Å²) in [6.45, 7) is 0. The van der Waals surface area contributed by atoms with Gasteiger partial charge in [0.1, 0.15) is 11.6 Å². The standard InChI is InChI=1S/C14H13N5/c15-12-7-13(18-14(17-12)9-5-6-9)19-11-4-2-1-3-10(11)8-16-19/h1-4,7-9H,5-6H2,(H2,15,17,18). The highest BCUT2D eigenvalue weighted by atomic mass is 15.3. The lowest BCUT2D eigenvalue weighted by Gasteiger charge is -2.06. The van der Waals surface area contributed by atoms with E-state index in [1.807, 2.05) is 35.1 Å². The number of rotatable bonds is 2. The third-order valence-electron chi connectivity index (χ3n) is 3.39. The van der Waals surface area contributed by atoms with E-state index in [0.29, 0.717) is 11.7 Å². The lowest BCUT2D eigenvalue weighted by molar-refractivity contribution is 0.831. The molecule has 1 aliphatic carbocycles. The van der Waals surface area contributed by atoms with Crippen molar-refractivity contribution in [1.82, 2.24) is 19.7 Å². The van der Waals surface area contributed by atoms with Crippen LogP contribution in [0.5, 0.6) is 0 Å². The summed E-state index contributed by atoms with van der Waals surface area (Å²) in [5, 5.41) is 5.49. The third kappa shape index (κ3) is 1.74. The molecule has 0 amide bonds. The SMILES string of the molecule is Nc1cc(-n2ncc3ccccc32)nc(C2CC2)n1. The van der Waals surface area contributed by atoms with Gasteiger partial charge in [-0.2, -0.15) is 5.10 Å². The fraction of sp³-hybridized carbons (Fsp3) is 0.214. The Labute approximate surface area is 110 Å². The van der Waals surface area contributed by atoms with Crippen LogP contribution in [0, 0.1) is 0 Å². The molecule has 94 valence electrons. The summed E-state index contributed by atoms with van der Waals surface area (Å²) in [7, 11) is 0. The van der Waals surface area contributed by atoms with Gasteiger partial charge in [-0.3, -0.25) is 0 Å². The molecule has 3 aromatic rings. The molecule has 1 aliphatic rings. The number of anilines is 1. The number of fused-ring (bicyclic) bond motifs is 1. The first-order valence-electron chi connectivity index (χ1n) is 6.39. The number of benzene rings is 1. The van der Waals surface area contributed by atoms with E-state index in [1.165, 1.54) is 0 Å². The summed E-state index contributed by atoms with van der Waals surface area (Å²) < 4.78 is 1.82. The van der Waals surface area contributed by atoms with Crippen LogP contribution < -0.4 is 5.73 Å². The molecule has 2 heterocycles. The molecule has 5 nitrogen and oxygen atoms in total. The second-order valence-electron chi connectivity index (χ2n) is 4.90. The Morgan fingerprint density at radius 1 is 1.16 bits per heavy atom. The summed E-state index contributed by atoms with van der Waals surface area (Å²) in [6, 6.07) is 9.82. The second kappa shape index (κ2) is 3.78. The Morgan fingerprint density at radius 2 is 2.00 bits per heavy atom. The van der Waals surface area contributed by atoms with E-state index >= 15 is 0 Å². The van der Waals surface area contributed by atoms with Gasteiger partial charge in [-0.05, 0) is 18.9 Å². The third-order valence-corrected chi connectivity index (χ3v) is 3.39. The molecule has 2 aromatic heterocycles. The summed E-state index contributed by atoms with van der Waals surface area (Å²) in [5.74, 6) is 2.57. The van der Waals surface area contributed by atoms with Crippen LogP contribution in [0.4, 0.5) is 5.82 Å². The molecule has 0 atom stereocenters. The molecule has 5 heteroatoms. The van der Waals surface area contributed by atoms with Crippen molar-refractivity contribution in [3.8, 4) is 5.82 Å². The van der Waals surface area contributed by atoms with Gasteiger partial charge >= 0.3 is 0 Å². The van der Waals surface area contributed by atoms with E-state index in [4.69, 9.17) is 5.73 Å². The number of hydrogen-bond donors (Lipinski definition) is 1. The van der Waals surface area contributed by atoms with E-state index < -0.39 is 0 Å². The molecule has 0 saturated heterocycles. The number of nitrogens with zero attached hydrogens (tertiary/aromatic N) is 4. The number of aromatic nitrogens is 4. The van der Waals surface area contributed by atoms with E-state index in [9.17, 15) is 0 Å². The van der Waals surface area contributed by atoms with Gasteiger partial charge in [-0.15, -0.1) is 0 Å². The molecule has 0 aliphatic heterocycles. The topological polar surface area (TPSA) is 69.6 Å². The lowest BCUT2D eigenvalue weighted by Crippen LogP contribution is -2.06. The number of nitrogen functional groups attached to an aromatic ring is 1. The average Bonchev–Trinajstić information content (AvgIpc) is 3.18. The molecular weight excluding hydrogens is 238 g/mol. The molecule has 0 radical (unpaired) electrons. The Hall–Kier alpha value is -2.43. The van der Waals surface area contributed by atoms with Crippen LogP contribution in [0.3, 0.4) is 0 Å². The molecular formula is C14H13N5. The first kappa shape index (κ1) is 10.5. The van der Waals surface area contributed by atoms with Gasteiger partial charge in [0.2, 0.25) is 0 Å². The maximum absolute atomic E-state index is 5.88. The molecule has 1 saturated carbocycles. The molecule has 0 bridgehead atoms. The first-order valence-corrected chi connectivity index (χ1v) is 6.39. The highest BCUT2D eigenvalue weighted by molar-refractivity contribution is 5.79. The van der Waals surface area contributed by atoms with Gasteiger partial charge in [-0.25, -0.2) is 14.6 Å². The first-order chi connectivity index (χ1) is 9.31. The minimum Gasteiger partial charge on any atom is -0.384 e. The van der Waals surface area contributed by atoms with E-state index in [-0.39, 0.29) is 0 Å². The molecule has 2 N–H and O–H groups in total. The van der Waals surface area contributed by atoms with Gasteiger partial charge in [0.05, 0.1) is 11.7 Å². The summed E-state index contributed by atoms with van der Waals surface area (Å²) in [5.41, 5.74) is 6.91. The van der Waals surface area contributed by atoms with Crippen molar-refractivity contribution in [2.75, 3.05) is 5.73 Å². The predicted molar refractivity (Wildman–Crippen MR) is 73.0 cm³/mol. The van der Waals surface area contributed by atoms with Gasteiger partial charge in [0.15, 0.2) is 5.82 Å². The number of hydrogen-bond acceptors (Lipinski definition) is 4. The molecule has 0 spiro atoms. The second-order valence-corrected chi connectivity index (χ2v) is 4.90. The van der Waals surface area contributed by atoms with Crippen molar-refractivity contribution in [3.63, 3.8) is 0 Å². The van der Waals surface area contributed by atoms with Crippen molar-refractivity contribution < 1.29 is 0 Å².